The molecular formula is C18H22N2O6. The average molecular weight is 362 g/mol. The molecule has 2 unspecified atom stereocenters. The maximum absolute atomic E-state index is 12.1. The summed E-state index contributed by atoms with van der Waals surface area (Å²) in [6.45, 7) is 5.21. The van der Waals surface area contributed by atoms with Crippen LogP contribution in [0.2, 0.25) is 0 Å². The van der Waals surface area contributed by atoms with Crippen molar-refractivity contribution in [2.75, 3.05) is 0 Å². The van der Waals surface area contributed by atoms with Crippen LogP contribution in [0.25, 0.3) is 0 Å². The lowest BCUT2D eigenvalue weighted by molar-refractivity contribution is -0.245. The Balaban J connectivity index is 2.05. The highest BCUT2D eigenvalue weighted by Gasteiger charge is 2.29. The molecule has 8 heteroatoms. The zero-order valence-corrected chi connectivity index (χ0v) is 14.8. The summed E-state index contributed by atoms with van der Waals surface area (Å²) in [5.41, 5.74) is 0.0266. The van der Waals surface area contributed by atoms with Gasteiger partial charge in [0.2, 0.25) is 0 Å². The maximum atomic E-state index is 12.1. The number of carbonyl (C=O) groups excluding carboxylic acids is 3. The molecule has 8 nitrogen and oxygen atoms in total. The van der Waals surface area contributed by atoms with Crippen LogP contribution in [0.15, 0.2) is 42.5 Å². The predicted octanol–water partition coefficient (Wildman–Crippen LogP) is 1.82. The average Bonchev–Trinajstić information content (AvgIpc) is 2.85. The molecule has 2 rings (SSSR count). The van der Waals surface area contributed by atoms with Crippen molar-refractivity contribution < 1.29 is 29.1 Å². The van der Waals surface area contributed by atoms with Gasteiger partial charge in [-0.2, -0.15) is 0 Å². The van der Waals surface area contributed by atoms with Gasteiger partial charge in [0.1, 0.15) is 5.60 Å². The number of carbonyl (C=O) groups is 3. The number of hydrogen-bond acceptors (Lipinski definition) is 6. The molecule has 0 saturated carbocycles. The van der Waals surface area contributed by atoms with Gasteiger partial charge < -0.3 is 15.2 Å². The van der Waals surface area contributed by atoms with E-state index in [-0.39, 0.29) is 6.42 Å². The summed E-state index contributed by atoms with van der Waals surface area (Å²) in [7, 11) is 0. The number of rotatable bonds is 6. The summed E-state index contributed by atoms with van der Waals surface area (Å²) in [5.74, 6) is -1.35. The molecule has 140 valence electrons. The van der Waals surface area contributed by atoms with Crippen LogP contribution in [-0.4, -0.2) is 40.0 Å². The van der Waals surface area contributed by atoms with Crippen LogP contribution in [0.3, 0.4) is 0 Å². The van der Waals surface area contributed by atoms with E-state index in [0.29, 0.717) is 10.6 Å². The first-order valence-electron chi connectivity index (χ1n) is 8.11. The summed E-state index contributed by atoms with van der Waals surface area (Å²) >= 11 is 0. The van der Waals surface area contributed by atoms with E-state index in [2.05, 4.69) is 5.32 Å². The molecule has 0 fully saturated rings. The van der Waals surface area contributed by atoms with Crippen LogP contribution in [0, 0.1) is 0 Å². The molecule has 2 atom stereocenters. The minimum Gasteiger partial charge on any atom is -0.444 e. The fourth-order valence-electron chi connectivity index (χ4n) is 2.27. The number of benzene rings is 1. The van der Waals surface area contributed by atoms with E-state index in [1.807, 2.05) is 6.07 Å². The summed E-state index contributed by atoms with van der Waals surface area (Å²) in [4.78, 5) is 40.1. The lowest BCUT2D eigenvalue weighted by Gasteiger charge is -2.26. The molecule has 1 aromatic carbocycles. The Kier molecular flexibility index (Phi) is 6.12. The maximum Gasteiger partial charge on any atom is 0.408 e. The second-order valence-corrected chi connectivity index (χ2v) is 6.71. The van der Waals surface area contributed by atoms with Gasteiger partial charge >= 0.3 is 6.09 Å². The molecule has 0 spiro atoms. The Labute approximate surface area is 151 Å². The van der Waals surface area contributed by atoms with E-state index in [9.17, 15) is 19.5 Å². The number of nitrogens with zero attached hydrogens (tertiary/aromatic N) is 1. The third kappa shape index (κ3) is 5.68. The quantitative estimate of drug-likeness (QED) is 0.591. The Bertz CT molecular complexity index is 677. The van der Waals surface area contributed by atoms with Crippen molar-refractivity contribution in [3.05, 3.63) is 48.0 Å². The van der Waals surface area contributed by atoms with Crippen LogP contribution in [0.5, 0.6) is 0 Å². The van der Waals surface area contributed by atoms with Crippen molar-refractivity contribution in [3.8, 4) is 0 Å². The first-order valence-corrected chi connectivity index (χ1v) is 8.11. The number of aliphatic hydroxyl groups excluding tert-OH is 1. The Morgan fingerprint density at radius 3 is 2.27 bits per heavy atom. The normalized spacial score (nSPS) is 16.5. The van der Waals surface area contributed by atoms with E-state index in [0.717, 1.165) is 12.2 Å². The number of alkyl carbamates (subject to hydrolysis) is 1. The smallest absolute Gasteiger partial charge is 0.408 e. The van der Waals surface area contributed by atoms with Crippen molar-refractivity contribution in [1.82, 2.24) is 10.4 Å². The minimum atomic E-state index is -1.50. The molecule has 0 bridgehead atoms. The number of hydrogen-bond donors (Lipinski definition) is 2. The molecule has 0 aromatic heterocycles. The molecule has 1 aliphatic rings. The van der Waals surface area contributed by atoms with Gasteiger partial charge in [0.25, 0.3) is 11.8 Å². The lowest BCUT2D eigenvalue weighted by Crippen LogP contribution is -2.39. The van der Waals surface area contributed by atoms with Crippen molar-refractivity contribution in [2.45, 2.75) is 45.1 Å². The molecular weight excluding hydrogens is 340 g/mol. The molecule has 26 heavy (non-hydrogen) atoms. The van der Waals surface area contributed by atoms with Crippen molar-refractivity contribution >= 4 is 17.9 Å². The highest BCUT2D eigenvalue weighted by atomic mass is 16.8. The van der Waals surface area contributed by atoms with Crippen molar-refractivity contribution in [3.63, 3.8) is 0 Å². The van der Waals surface area contributed by atoms with Crippen LogP contribution in [0.4, 0.5) is 4.79 Å². The summed E-state index contributed by atoms with van der Waals surface area (Å²) < 4.78 is 5.24. The predicted molar refractivity (Wildman–Crippen MR) is 91.3 cm³/mol. The van der Waals surface area contributed by atoms with Gasteiger partial charge in [0.15, 0.2) is 6.29 Å². The van der Waals surface area contributed by atoms with Gasteiger partial charge in [-0.1, -0.05) is 30.3 Å². The standard InChI is InChI=1S/C18H22N2O6/c1-18(2,3)25-17(24)19-13(12-7-5-4-6-8-12)11-16(23)26-20-14(21)9-10-15(20)22/h4-10,13,16,23H,11H2,1-3H3,(H,19,24). The molecule has 1 aromatic rings. The molecule has 1 heterocycles. The highest BCUT2D eigenvalue weighted by molar-refractivity contribution is 6.11. The van der Waals surface area contributed by atoms with E-state index in [1.54, 1.807) is 45.0 Å². The molecule has 0 saturated heterocycles. The zero-order chi connectivity index (χ0) is 19.3. The number of ether oxygens (including phenoxy) is 1. The van der Waals surface area contributed by atoms with Crippen molar-refractivity contribution in [2.24, 2.45) is 0 Å². The number of imide groups is 1. The number of hydroxylamine groups is 2. The fraction of sp³-hybridized carbons (Fsp3) is 0.389. The van der Waals surface area contributed by atoms with Crippen LogP contribution in [0.1, 0.15) is 38.8 Å². The zero-order valence-electron chi connectivity index (χ0n) is 14.8. The minimum absolute atomic E-state index is 0.0969. The molecule has 1 aliphatic heterocycles. The van der Waals surface area contributed by atoms with Crippen LogP contribution < -0.4 is 5.32 Å². The second-order valence-electron chi connectivity index (χ2n) is 6.71. The van der Waals surface area contributed by atoms with E-state index in [4.69, 9.17) is 9.57 Å². The number of nitrogens with one attached hydrogen (secondary N) is 1. The third-order valence-electron chi connectivity index (χ3n) is 3.33. The SMILES string of the molecule is CC(C)(C)OC(=O)NC(CC(O)ON1C(=O)C=CC1=O)c1ccccc1. The van der Waals surface area contributed by atoms with E-state index in [1.165, 1.54) is 0 Å². The first kappa shape index (κ1) is 19.6. The number of aliphatic hydroxyl groups is 1. The van der Waals surface area contributed by atoms with Gasteiger partial charge in [-0.05, 0) is 26.3 Å². The van der Waals surface area contributed by atoms with Crippen molar-refractivity contribution in [1.29, 1.82) is 0 Å². The molecule has 0 radical (unpaired) electrons. The second kappa shape index (κ2) is 8.11. The highest BCUT2D eigenvalue weighted by Crippen LogP contribution is 2.21. The van der Waals surface area contributed by atoms with Gasteiger partial charge in [0.05, 0.1) is 6.04 Å². The van der Waals surface area contributed by atoms with Crippen LogP contribution >= 0.6 is 0 Å². The summed E-state index contributed by atoms with van der Waals surface area (Å²) in [6, 6.07) is 8.26. The van der Waals surface area contributed by atoms with E-state index < -0.39 is 35.8 Å². The summed E-state index contributed by atoms with van der Waals surface area (Å²) in [5, 5.41) is 13.3. The molecule has 0 aliphatic carbocycles. The van der Waals surface area contributed by atoms with Gasteiger partial charge in [-0.3, -0.25) is 9.59 Å². The topological polar surface area (TPSA) is 105 Å². The van der Waals surface area contributed by atoms with Gasteiger partial charge in [-0.25, -0.2) is 9.63 Å². The van der Waals surface area contributed by atoms with E-state index >= 15 is 0 Å². The summed E-state index contributed by atoms with van der Waals surface area (Å²) in [6.07, 6.45) is -0.164. The Morgan fingerprint density at radius 2 is 1.73 bits per heavy atom. The largest absolute Gasteiger partial charge is 0.444 e. The Hall–Kier alpha value is -2.71. The van der Waals surface area contributed by atoms with Crippen LogP contribution in [-0.2, 0) is 19.2 Å². The van der Waals surface area contributed by atoms with Gasteiger partial charge in [-0.15, -0.1) is 5.06 Å². The molecule has 3 amide bonds. The first-order chi connectivity index (χ1) is 12.2. The monoisotopic (exact) mass is 362 g/mol. The Morgan fingerprint density at radius 1 is 1.15 bits per heavy atom. The lowest BCUT2D eigenvalue weighted by atomic mass is 10.0. The number of amides is 3. The third-order valence-corrected chi connectivity index (χ3v) is 3.33. The fourth-order valence-corrected chi connectivity index (χ4v) is 2.27. The van der Waals surface area contributed by atoms with Gasteiger partial charge in [0, 0.05) is 18.6 Å². The molecule has 2 N–H and O–H groups in total.